The number of nitrogens with one attached hydrogen (secondary N) is 1. The van der Waals surface area contributed by atoms with Gasteiger partial charge in [0.15, 0.2) is 0 Å². The molecule has 0 bridgehead atoms. The standard InChI is InChI=1S/C13H19BrFNO/c1-3-5-16-9-12(4-2)17-13-7-10(14)6-11(15)8-13/h6-8,12,16H,3-5,9H2,1-2H3. The highest BCUT2D eigenvalue weighted by atomic mass is 79.9. The third-order valence-electron chi connectivity index (χ3n) is 2.39. The Kier molecular flexibility index (Phi) is 6.52. The lowest BCUT2D eigenvalue weighted by molar-refractivity contribution is 0.193. The van der Waals surface area contributed by atoms with Gasteiger partial charge in [0.05, 0.1) is 0 Å². The molecular weight excluding hydrogens is 285 g/mol. The van der Waals surface area contributed by atoms with Gasteiger partial charge in [-0.15, -0.1) is 0 Å². The molecule has 0 aliphatic carbocycles. The Labute approximate surface area is 111 Å². The lowest BCUT2D eigenvalue weighted by Crippen LogP contribution is -2.31. The van der Waals surface area contributed by atoms with Crippen molar-refractivity contribution in [1.82, 2.24) is 5.32 Å². The Balaban J connectivity index is 2.54. The van der Waals surface area contributed by atoms with Crippen LogP contribution >= 0.6 is 15.9 Å². The monoisotopic (exact) mass is 303 g/mol. The summed E-state index contributed by atoms with van der Waals surface area (Å²) in [5.74, 6) is 0.285. The maximum Gasteiger partial charge on any atom is 0.128 e. The van der Waals surface area contributed by atoms with Gasteiger partial charge in [-0.05, 0) is 31.5 Å². The first-order valence-corrected chi connectivity index (χ1v) is 6.78. The number of benzene rings is 1. The summed E-state index contributed by atoms with van der Waals surface area (Å²) in [6.07, 6.45) is 2.07. The molecule has 1 unspecified atom stereocenters. The average molecular weight is 304 g/mol. The summed E-state index contributed by atoms with van der Waals surface area (Å²) in [5, 5.41) is 3.31. The molecule has 17 heavy (non-hydrogen) atoms. The third kappa shape index (κ3) is 5.50. The van der Waals surface area contributed by atoms with Gasteiger partial charge >= 0.3 is 0 Å². The van der Waals surface area contributed by atoms with Gasteiger partial charge in [0.2, 0.25) is 0 Å². The number of rotatable bonds is 7. The fraction of sp³-hybridized carbons (Fsp3) is 0.538. The van der Waals surface area contributed by atoms with Crippen LogP contribution in [0, 0.1) is 5.82 Å². The highest BCUT2D eigenvalue weighted by molar-refractivity contribution is 9.10. The molecule has 0 fully saturated rings. The third-order valence-corrected chi connectivity index (χ3v) is 2.85. The van der Waals surface area contributed by atoms with Crippen molar-refractivity contribution in [3.8, 4) is 5.75 Å². The van der Waals surface area contributed by atoms with Crippen molar-refractivity contribution in [3.63, 3.8) is 0 Å². The van der Waals surface area contributed by atoms with E-state index < -0.39 is 0 Å². The molecule has 0 radical (unpaired) electrons. The van der Waals surface area contributed by atoms with Crippen LogP contribution < -0.4 is 10.1 Å². The Hall–Kier alpha value is -0.610. The predicted molar refractivity (Wildman–Crippen MR) is 72.0 cm³/mol. The molecule has 0 heterocycles. The maximum absolute atomic E-state index is 13.2. The van der Waals surface area contributed by atoms with Crippen molar-refractivity contribution in [2.75, 3.05) is 13.1 Å². The summed E-state index contributed by atoms with van der Waals surface area (Å²) < 4.78 is 19.6. The van der Waals surface area contributed by atoms with Crippen molar-refractivity contribution < 1.29 is 9.13 Å². The lowest BCUT2D eigenvalue weighted by atomic mass is 10.2. The second-order valence-electron chi connectivity index (χ2n) is 3.96. The van der Waals surface area contributed by atoms with Crippen LogP contribution in [0.1, 0.15) is 26.7 Å². The predicted octanol–water partition coefficient (Wildman–Crippen LogP) is 3.75. The summed E-state index contributed by atoms with van der Waals surface area (Å²) in [4.78, 5) is 0. The lowest BCUT2D eigenvalue weighted by Gasteiger charge is -2.18. The SMILES string of the molecule is CCCNCC(CC)Oc1cc(F)cc(Br)c1. The van der Waals surface area contributed by atoms with Crippen LogP contribution in [0.2, 0.25) is 0 Å². The highest BCUT2D eigenvalue weighted by Crippen LogP contribution is 2.21. The van der Waals surface area contributed by atoms with E-state index in [1.807, 2.05) is 0 Å². The van der Waals surface area contributed by atoms with E-state index in [0.717, 1.165) is 25.9 Å². The van der Waals surface area contributed by atoms with Crippen molar-refractivity contribution in [1.29, 1.82) is 0 Å². The van der Waals surface area contributed by atoms with E-state index in [1.165, 1.54) is 12.1 Å². The largest absolute Gasteiger partial charge is 0.489 e. The first-order valence-electron chi connectivity index (χ1n) is 5.99. The summed E-state index contributed by atoms with van der Waals surface area (Å²) >= 11 is 3.25. The van der Waals surface area contributed by atoms with E-state index in [2.05, 4.69) is 35.1 Å². The molecule has 1 aromatic carbocycles. The van der Waals surface area contributed by atoms with Crippen LogP contribution in [-0.4, -0.2) is 19.2 Å². The zero-order valence-corrected chi connectivity index (χ0v) is 11.9. The Bertz CT molecular complexity index is 326. The van der Waals surface area contributed by atoms with Crippen LogP contribution in [0.5, 0.6) is 5.75 Å². The minimum Gasteiger partial charge on any atom is -0.489 e. The van der Waals surface area contributed by atoms with Crippen LogP contribution in [0.25, 0.3) is 0 Å². The van der Waals surface area contributed by atoms with Gasteiger partial charge in [-0.2, -0.15) is 0 Å². The topological polar surface area (TPSA) is 21.3 Å². The van der Waals surface area contributed by atoms with Gasteiger partial charge in [0, 0.05) is 17.1 Å². The fourth-order valence-electron chi connectivity index (χ4n) is 1.50. The summed E-state index contributed by atoms with van der Waals surface area (Å²) in [6, 6.07) is 4.61. The van der Waals surface area contributed by atoms with E-state index in [-0.39, 0.29) is 11.9 Å². The number of halogens is 2. The van der Waals surface area contributed by atoms with Crippen LogP contribution in [0.4, 0.5) is 4.39 Å². The molecule has 1 aromatic rings. The molecule has 1 N–H and O–H groups in total. The molecule has 96 valence electrons. The Morgan fingerprint density at radius 2 is 2.12 bits per heavy atom. The molecule has 0 saturated heterocycles. The van der Waals surface area contributed by atoms with Gasteiger partial charge in [0.25, 0.3) is 0 Å². The number of ether oxygens (including phenoxy) is 1. The molecule has 0 amide bonds. The molecule has 4 heteroatoms. The van der Waals surface area contributed by atoms with E-state index in [0.29, 0.717) is 10.2 Å². The van der Waals surface area contributed by atoms with E-state index in [4.69, 9.17) is 4.74 Å². The molecular formula is C13H19BrFNO. The van der Waals surface area contributed by atoms with Gasteiger partial charge in [0.1, 0.15) is 17.7 Å². The quantitative estimate of drug-likeness (QED) is 0.775. The molecule has 0 saturated carbocycles. The van der Waals surface area contributed by atoms with Gasteiger partial charge in [-0.1, -0.05) is 29.8 Å². The first-order chi connectivity index (χ1) is 8.15. The van der Waals surface area contributed by atoms with Gasteiger partial charge < -0.3 is 10.1 Å². The second-order valence-corrected chi connectivity index (χ2v) is 4.87. The van der Waals surface area contributed by atoms with Crippen molar-refractivity contribution in [2.24, 2.45) is 0 Å². The Morgan fingerprint density at radius 3 is 2.71 bits per heavy atom. The summed E-state index contributed by atoms with van der Waals surface area (Å²) in [5.41, 5.74) is 0. The molecule has 0 aliphatic rings. The van der Waals surface area contributed by atoms with Gasteiger partial charge in [-0.3, -0.25) is 0 Å². The van der Waals surface area contributed by atoms with Crippen LogP contribution in [-0.2, 0) is 0 Å². The van der Waals surface area contributed by atoms with Crippen LogP contribution in [0.15, 0.2) is 22.7 Å². The van der Waals surface area contributed by atoms with E-state index in [1.54, 1.807) is 6.07 Å². The van der Waals surface area contributed by atoms with E-state index in [9.17, 15) is 4.39 Å². The summed E-state index contributed by atoms with van der Waals surface area (Å²) in [6.45, 7) is 5.95. The zero-order chi connectivity index (χ0) is 12.7. The summed E-state index contributed by atoms with van der Waals surface area (Å²) in [7, 11) is 0. The fourth-order valence-corrected chi connectivity index (χ4v) is 1.94. The second kappa shape index (κ2) is 7.67. The number of hydrogen-bond acceptors (Lipinski definition) is 2. The molecule has 2 nitrogen and oxygen atoms in total. The average Bonchev–Trinajstić information content (AvgIpc) is 2.26. The zero-order valence-electron chi connectivity index (χ0n) is 10.3. The molecule has 0 aromatic heterocycles. The van der Waals surface area contributed by atoms with Crippen molar-refractivity contribution in [2.45, 2.75) is 32.8 Å². The molecule has 0 spiro atoms. The van der Waals surface area contributed by atoms with Gasteiger partial charge in [-0.25, -0.2) is 4.39 Å². The minimum absolute atomic E-state index is 0.0789. The maximum atomic E-state index is 13.2. The molecule has 1 rings (SSSR count). The minimum atomic E-state index is -0.286. The molecule has 1 atom stereocenters. The van der Waals surface area contributed by atoms with E-state index >= 15 is 0 Å². The molecule has 0 aliphatic heterocycles. The smallest absolute Gasteiger partial charge is 0.128 e. The van der Waals surface area contributed by atoms with Crippen molar-refractivity contribution in [3.05, 3.63) is 28.5 Å². The highest BCUT2D eigenvalue weighted by Gasteiger charge is 2.08. The van der Waals surface area contributed by atoms with Crippen molar-refractivity contribution >= 4 is 15.9 Å². The first kappa shape index (κ1) is 14.5. The normalized spacial score (nSPS) is 12.5. The van der Waals surface area contributed by atoms with Crippen LogP contribution in [0.3, 0.4) is 0 Å². The Morgan fingerprint density at radius 1 is 1.35 bits per heavy atom. The number of hydrogen-bond donors (Lipinski definition) is 1.